The first-order valence-electron chi connectivity index (χ1n) is 3.63. The van der Waals surface area contributed by atoms with E-state index >= 15 is 0 Å². The van der Waals surface area contributed by atoms with Gasteiger partial charge in [-0.1, -0.05) is 12.2 Å². The Balaban J connectivity index is 2.94. The molecule has 0 aliphatic carbocycles. The molecule has 0 amide bonds. The monoisotopic (exact) mass is 183 g/mol. The number of aryl methyl sites for hydroxylation is 1. The fourth-order valence-electron chi connectivity index (χ4n) is 0.886. The molecule has 0 aromatic carbocycles. The Bertz CT molecular complexity index is 297. The number of nitrogens with zero attached hydrogens (tertiary/aromatic N) is 1. The molecule has 0 fully saturated rings. The van der Waals surface area contributed by atoms with Crippen molar-refractivity contribution in [2.75, 3.05) is 5.75 Å². The SMILES string of the molecule is Cc1cc(F)ncc1C=CCS. The van der Waals surface area contributed by atoms with E-state index in [-0.39, 0.29) is 0 Å². The summed E-state index contributed by atoms with van der Waals surface area (Å²) in [7, 11) is 0. The first-order valence-corrected chi connectivity index (χ1v) is 4.27. The Morgan fingerprint density at radius 3 is 3.00 bits per heavy atom. The van der Waals surface area contributed by atoms with E-state index in [0.29, 0.717) is 5.75 Å². The second kappa shape index (κ2) is 4.26. The molecule has 0 aliphatic heterocycles. The fourth-order valence-corrected chi connectivity index (χ4v) is 0.992. The molecule has 1 nitrogen and oxygen atoms in total. The Labute approximate surface area is 76.7 Å². The molecule has 12 heavy (non-hydrogen) atoms. The summed E-state index contributed by atoms with van der Waals surface area (Å²) in [6.45, 7) is 1.85. The molecule has 0 unspecified atom stereocenters. The summed E-state index contributed by atoms with van der Waals surface area (Å²) in [4.78, 5) is 3.55. The molecule has 0 radical (unpaired) electrons. The van der Waals surface area contributed by atoms with E-state index < -0.39 is 5.95 Å². The van der Waals surface area contributed by atoms with Crippen LogP contribution in [-0.2, 0) is 0 Å². The second-order valence-corrected chi connectivity index (χ2v) is 2.81. The molecule has 0 atom stereocenters. The zero-order valence-corrected chi connectivity index (χ0v) is 7.68. The van der Waals surface area contributed by atoms with Gasteiger partial charge < -0.3 is 0 Å². The van der Waals surface area contributed by atoms with Crippen LogP contribution in [0.2, 0.25) is 0 Å². The zero-order chi connectivity index (χ0) is 8.97. The maximum Gasteiger partial charge on any atom is 0.213 e. The van der Waals surface area contributed by atoms with Gasteiger partial charge in [0.2, 0.25) is 5.95 Å². The Morgan fingerprint density at radius 2 is 2.42 bits per heavy atom. The van der Waals surface area contributed by atoms with Gasteiger partial charge in [-0.05, 0) is 24.1 Å². The number of hydrogen-bond acceptors (Lipinski definition) is 2. The van der Waals surface area contributed by atoms with Crippen LogP contribution in [0.15, 0.2) is 18.3 Å². The summed E-state index contributed by atoms with van der Waals surface area (Å²) >= 11 is 4.02. The molecule has 3 heteroatoms. The second-order valence-electron chi connectivity index (χ2n) is 2.45. The van der Waals surface area contributed by atoms with Crippen LogP contribution in [0.3, 0.4) is 0 Å². The van der Waals surface area contributed by atoms with Gasteiger partial charge in [0.15, 0.2) is 0 Å². The van der Waals surface area contributed by atoms with Crippen LogP contribution < -0.4 is 0 Å². The molecule has 0 saturated heterocycles. The summed E-state index contributed by atoms with van der Waals surface area (Å²) in [6, 6.07) is 1.41. The van der Waals surface area contributed by atoms with Crippen molar-refractivity contribution in [3.8, 4) is 0 Å². The van der Waals surface area contributed by atoms with Crippen molar-refractivity contribution in [2.24, 2.45) is 0 Å². The minimum absolute atomic E-state index is 0.435. The summed E-state index contributed by atoms with van der Waals surface area (Å²) < 4.78 is 12.5. The highest BCUT2D eigenvalue weighted by Gasteiger charge is 1.96. The molecule has 1 aromatic heterocycles. The van der Waals surface area contributed by atoms with Gasteiger partial charge in [0.25, 0.3) is 0 Å². The van der Waals surface area contributed by atoms with Crippen LogP contribution in [0.4, 0.5) is 4.39 Å². The minimum atomic E-state index is -0.435. The minimum Gasteiger partial charge on any atom is -0.228 e. The predicted octanol–water partition coefficient (Wildman–Crippen LogP) is 2.47. The largest absolute Gasteiger partial charge is 0.228 e. The molecule has 1 heterocycles. The number of rotatable bonds is 2. The summed E-state index contributed by atoms with van der Waals surface area (Å²) in [5.41, 5.74) is 1.82. The quantitative estimate of drug-likeness (QED) is 0.549. The molecule has 1 rings (SSSR count). The molecular weight excluding hydrogens is 173 g/mol. The number of pyridine rings is 1. The highest BCUT2D eigenvalue weighted by atomic mass is 32.1. The van der Waals surface area contributed by atoms with Gasteiger partial charge in [0.05, 0.1) is 0 Å². The van der Waals surface area contributed by atoms with Gasteiger partial charge in [-0.15, -0.1) is 0 Å². The summed E-state index contributed by atoms with van der Waals surface area (Å²) in [6.07, 6.45) is 5.30. The lowest BCUT2D eigenvalue weighted by Crippen LogP contribution is -1.87. The average Bonchev–Trinajstić information content (AvgIpc) is 2.03. The van der Waals surface area contributed by atoms with Crippen molar-refractivity contribution in [3.63, 3.8) is 0 Å². The standard InChI is InChI=1S/C9H10FNS/c1-7-5-9(10)11-6-8(7)3-2-4-12/h2-3,5-6,12H,4H2,1H3. The van der Waals surface area contributed by atoms with E-state index in [1.165, 1.54) is 12.3 Å². The Morgan fingerprint density at radius 1 is 1.67 bits per heavy atom. The van der Waals surface area contributed by atoms with E-state index in [0.717, 1.165) is 11.1 Å². The van der Waals surface area contributed by atoms with Crippen LogP contribution in [-0.4, -0.2) is 10.7 Å². The van der Waals surface area contributed by atoms with E-state index in [9.17, 15) is 4.39 Å². The number of aromatic nitrogens is 1. The van der Waals surface area contributed by atoms with Crippen molar-refractivity contribution in [3.05, 3.63) is 35.4 Å². The third-order valence-corrected chi connectivity index (χ3v) is 1.73. The summed E-state index contributed by atoms with van der Waals surface area (Å²) in [5, 5.41) is 0. The first kappa shape index (κ1) is 9.26. The number of halogens is 1. The van der Waals surface area contributed by atoms with Gasteiger partial charge >= 0.3 is 0 Å². The highest BCUT2D eigenvalue weighted by molar-refractivity contribution is 7.80. The molecule has 1 aromatic rings. The van der Waals surface area contributed by atoms with Crippen LogP contribution in [0.1, 0.15) is 11.1 Å². The normalized spacial score (nSPS) is 10.9. The highest BCUT2D eigenvalue weighted by Crippen LogP contribution is 2.09. The van der Waals surface area contributed by atoms with E-state index in [4.69, 9.17) is 0 Å². The fraction of sp³-hybridized carbons (Fsp3) is 0.222. The van der Waals surface area contributed by atoms with Crippen molar-refractivity contribution in [2.45, 2.75) is 6.92 Å². The van der Waals surface area contributed by atoms with E-state index in [2.05, 4.69) is 17.6 Å². The summed E-state index contributed by atoms with van der Waals surface area (Å²) in [5.74, 6) is 0.243. The van der Waals surface area contributed by atoms with Crippen LogP contribution in [0, 0.1) is 12.9 Å². The molecule has 0 spiro atoms. The average molecular weight is 183 g/mol. The van der Waals surface area contributed by atoms with Gasteiger partial charge in [-0.25, -0.2) is 4.98 Å². The lowest BCUT2D eigenvalue weighted by molar-refractivity contribution is 0.582. The third kappa shape index (κ3) is 2.34. The Hall–Kier alpha value is -0.830. The number of hydrogen-bond donors (Lipinski definition) is 1. The molecule has 0 aliphatic rings. The lowest BCUT2D eigenvalue weighted by atomic mass is 10.1. The molecular formula is C9H10FNS. The molecule has 0 bridgehead atoms. The molecule has 0 N–H and O–H groups in total. The number of thiol groups is 1. The maximum atomic E-state index is 12.5. The smallest absolute Gasteiger partial charge is 0.213 e. The van der Waals surface area contributed by atoms with Gasteiger partial charge in [0.1, 0.15) is 0 Å². The van der Waals surface area contributed by atoms with Gasteiger partial charge in [-0.3, -0.25) is 0 Å². The molecule has 0 saturated carbocycles. The third-order valence-electron chi connectivity index (χ3n) is 1.52. The van der Waals surface area contributed by atoms with Crippen molar-refractivity contribution < 1.29 is 4.39 Å². The maximum absolute atomic E-state index is 12.5. The predicted molar refractivity (Wildman–Crippen MR) is 51.8 cm³/mol. The van der Waals surface area contributed by atoms with Crippen molar-refractivity contribution in [1.29, 1.82) is 0 Å². The lowest BCUT2D eigenvalue weighted by Gasteiger charge is -1.97. The zero-order valence-electron chi connectivity index (χ0n) is 6.79. The van der Waals surface area contributed by atoms with Crippen LogP contribution in [0.25, 0.3) is 6.08 Å². The van der Waals surface area contributed by atoms with E-state index in [1.807, 2.05) is 19.1 Å². The topological polar surface area (TPSA) is 12.9 Å². The molecule has 64 valence electrons. The van der Waals surface area contributed by atoms with Crippen molar-refractivity contribution >= 4 is 18.7 Å². The van der Waals surface area contributed by atoms with Gasteiger partial charge in [0, 0.05) is 11.9 Å². The first-order chi connectivity index (χ1) is 5.74. The van der Waals surface area contributed by atoms with E-state index in [1.54, 1.807) is 0 Å². The van der Waals surface area contributed by atoms with Gasteiger partial charge in [-0.2, -0.15) is 17.0 Å². The van der Waals surface area contributed by atoms with Crippen LogP contribution >= 0.6 is 12.6 Å². The van der Waals surface area contributed by atoms with Crippen molar-refractivity contribution in [1.82, 2.24) is 4.98 Å². The van der Waals surface area contributed by atoms with Crippen LogP contribution in [0.5, 0.6) is 0 Å². The Kier molecular flexibility index (Phi) is 3.29.